The summed E-state index contributed by atoms with van der Waals surface area (Å²) in [5, 5.41) is 10.5. The van der Waals surface area contributed by atoms with E-state index >= 15 is 0 Å². The van der Waals surface area contributed by atoms with E-state index in [9.17, 15) is 13.2 Å². The van der Waals surface area contributed by atoms with E-state index in [0.29, 0.717) is 24.9 Å². The first kappa shape index (κ1) is 14.3. The van der Waals surface area contributed by atoms with Gasteiger partial charge in [0.1, 0.15) is 11.3 Å². The molecule has 1 aliphatic rings. The molecule has 0 saturated carbocycles. The van der Waals surface area contributed by atoms with Crippen molar-refractivity contribution in [2.45, 2.75) is 24.5 Å². The molecule has 0 aromatic heterocycles. The fraction of sp³-hybridized carbons (Fsp3) is 0.385. The third-order valence-corrected chi connectivity index (χ3v) is 5.47. The quantitative estimate of drug-likeness (QED) is 0.791. The van der Waals surface area contributed by atoms with E-state index in [1.165, 1.54) is 12.1 Å². The molecule has 1 aromatic carbocycles. The maximum absolute atomic E-state index is 12.1. The molecule has 0 spiro atoms. The number of carbonyl (C=O) groups is 1. The lowest BCUT2D eigenvalue weighted by Gasteiger charge is -2.21. The number of anilines is 2. The Balaban J connectivity index is 2.22. The third-order valence-electron chi connectivity index (χ3n) is 3.29. The molecule has 0 aliphatic carbocycles. The Morgan fingerprint density at radius 1 is 1.40 bits per heavy atom. The van der Waals surface area contributed by atoms with Gasteiger partial charge >= 0.3 is 0 Å². The van der Waals surface area contributed by atoms with Gasteiger partial charge in [-0.05, 0) is 31.0 Å². The summed E-state index contributed by atoms with van der Waals surface area (Å²) in [5.74, 6) is -0.538. The van der Waals surface area contributed by atoms with Gasteiger partial charge in [0.2, 0.25) is 5.91 Å². The van der Waals surface area contributed by atoms with Crippen molar-refractivity contribution in [1.82, 2.24) is 0 Å². The fourth-order valence-electron chi connectivity index (χ4n) is 2.23. The van der Waals surface area contributed by atoms with E-state index in [4.69, 9.17) is 11.0 Å². The minimum atomic E-state index is -3.39. The lowest BCUT2D eigenvalue weighted by molar-refractivity contribution is -0.116. The molecule has 1 aliphatic heterocycles. The summed E-state index contributed by atoms with van der Waals surface area (Å²) in [6.45, 7) is 0. The summed E-state index contributed by atoms with van der Waals surface area (Å²) in [4.78, 5) is 12.1. The van der Waals surface area contributed by atoms with Crippen LogP contribution in [-0.2, 0) is 14.6 Å². The van der Waals surface area contributed by atoms with Crippen LogP contribution in [0.2, 0.25) is 0 Å². The molecule has 7 heteroatoms. The van der Waals surface area contributed by atoms with Gasteiger partial charge in [-0.3, -0.25) is 4.79 Å². The Bertz CT molecular complexity index is 677. The molecular formula is C13H15N3O3S. The zero-order valence-corrected chi connectivity index (χ0v) is 11.6. The largest absolute Gasteiger partial charge is 0.399 e. The minimum Gasteiger partial charge on any atom is -0.399 e. The highest BCUT2D eigenvalue weighted by atomic mass is 32.2. The molecule has 1 aromatic rings. The lowest BCUT2D eigenvalue weighted by Crippen LogP contribution is -2.39. The van der Waals surface area contributed by atoms with Crippen LogP contribution in [0.25, 0.3) is 0 Å². The average Bonchev–Trinajstić information content (AvgIpc) is 2.40. The predicted molar refractivity (Wildman–Crippen MR) is 75.6 cm³/mol. The number of nitrogens with one attached hydrogen (secondary N) is 1. The fourth-order valence-corrected chi connectivity index (χ4v) is 4.03. The Morgan fingerprint density at radius 3 is 2.80 bits per heavy atom. The first-order valence-electron chi connectivity index (χ1n) is 6.26. The normalized spacial score (nSPS) is 20.9. The molecule has 1 amide bonds. The molecule has 1 unspecified atom stereocenters. The number of hydrogen-bond acceptors (Lipinski definition) is 5. The van der Waals surface area contributed by atoms with E-state index in [-0.39, 0.29) is 17.0 Å². The number of nitriles is 1. The standard InChI is InChI=1S/C13H15N3O3S/c14-8-9-7-10(15)4-5-11(9)16-13(17)12-3-1-2-6-20(12,18)19/h4-5,7,12H,1-3,6,15H2,(H,16,17). The number of hydrogen-bond donors (Lipinski definition) is 2. The molecule has 2 rings (SSSR count). The minimum absolute atomic E-state index is 0.0396. The second-order valence-electron chi connectivity index (χ2n) is 4.76. The number of rotatable bonds is 2. The molecule has 1 fully saturated rings. The van der Waals surface area contributed by atoms with E-state index in [2.05, 4.69) is 5.32 Å². The van der Waals surface area contributed by atoms with Crippen molar-refractivity contribution in [3.05, 3.63) is 23.8 Å². The van der Waals surface area contributed by atoms with Crippen LogP contribution < -0.4 is 11.1 Å². The number of carbonyl (C=O) groups excluding carboxylic acids is 1. The van der Waals surface area contributed by atoms with Crippen LogP contribution in [0, 0.1) is 11.3 Å². The highest BCUT2D eigenvalue weighted by Gasteiger charge is 2.35. The summed E-state index contributed by atoms with van der Waals surface area (Å²) in [6.07, 6.45) is 1.63. The van der Waals surface area contributed by atoms with Gasteiger partial charge in [-0.1, -0.05) is 6.42 Å². The van der Waals surface area contributed by atoms with Gasteiger partial charge < -0.3 is 11.1 Å². The molecule has 1 heterocycles. The first-order chi connectivity index (χ1) is 9.44. The molecule has 1 atom stereocenters. The summed E-state index contributed by atoms with van der Waals surface area (Å²) in [5.41, 5.74) is 6.47. The predicted octanol–water partition coefficient (Wildman–Crippen LogP) is 1.05. The van der Waals surface area contributed by atoms with Crippen LogP contribution in [0.15, 0.2) is 18.2 Å². The van der Waals surface area contributed by atoms with Crippen molar-refractivity contribution in [2.24, 2.45) is 0 Å². The van der Waals surface area contributed by atoms with E-state index in [1.54, 1.807) is 6.07 Å². The highest BCUT2D eigenvalue weighted by Crippen LogP contribution is 2.23. The van der Waals surface area contributed by atoms with Crippen molar-refractivity contribution in [3.63, 3.8) is 0 Å². The summed E-state index contributed by atoms with van der Waals surface area (Å²) >= 11 is 0. The number of nitrogens with two attached hydrogens (primary N) is 1. The van der Waals surface area contributed by atoms with Crippen molar-refractivity contribution < 1.29 is 13.2 Å². The van der Waals surface area contributed by atoms with Gasteiger partial charge in [0, 0.05) is 5.69 Å². The molecule has 0 bridgehead atoms. The van der Waals surface area contributed by atoms with E-state index < -0.39 is 21.0 Å². The van der Waals surface area contributed by atoms with Crippen molar-refractivity contribution in [1.29, 1.82) is 5.26 Å². The van der Waals surface area contributed by atoms with Crippen LogP contribution in [0.1, 0.15) is 24.8 Å². The number of sulfone groups is 1. The second kappa shape index (κ2) is 5.51. The maximum atomic E-state index is 12.1. The zero-order chi connectivity index (χ0) is 14.8. The van der Waals surface area contributed by atoms with Gasteiger partial charge in [0.05, 0.1) is 17.0 Å². The molecular weight excluding hydrogens is 278 g/mol. The Kier molecular flexibility index (Phi) is 3.95. The Labute approximate surface area is 117 Å². The molecule has 106 valence electrons. The smallest absolute Gasteiger partial charge is 0.242 e. The molecule has 20 heavy (non-hydrogen) atoms. The number of nitrogens with zero attached hydrogens (tertiary/aromatic N) is 1. The van der Waals surface area contributed by atoms with Crippen molar-refractivity contribution >= 4 is 27.1 Å². The van der Waals surface area contributed by atoms with Gasteiger partial charge in [-0.2, -0.15) is 5.26 Å². The first-order valence-corrected chi connectivity index (χ1v) is 7.97. The highest BCUT2D eigenvalue weighted by molar-refractivity contribution is 7.92. The zero-order valence-electron chi connectivity index (χ0n) is 10.8. The van der Waals surface area contributed by atoms with Gasteiger partial charge in [-0.15, -0.1) is 0 Å². The molecule has 1 saturated heterocycles. The second-order valence-corrected chi connectivity index (χ2v) is 7.06. The van der Waals surface area contributed by atoms with Crippen LogP contribution >= 0.6 is 0 Å². The number of benzene rings is 1. The molecule has 6 nitrogen and oxygen atoms in total. The maximum Gasteiger partial charge on any atom is 0.242 e. The van der Waals surface area contributed by atoms with Gasteiger partial charge in [0.15, 0.2) is 9.84 Å². The summed E-state index contributed by atoms with van der Waals surface area (Å²) < 4.78 is 23.8. The summed E-state index contributed by atoms with van der Waals surface area (Å²) in [6, 6.07) is 6.41. The van der Waals surface area contributed by atoms with Crippen LogP contribution in [0.3, 0.4) is 0 Å². The number of amides is 1. The van der Waals surface area contributed by atoms with Crippen molar-refractivity contribution in [2.75, 3.05) is 16.8 Å². The molecule has 0 radical (unpaired) electrons. The monoisotopic (exact) mass is 293 g/mol. The van der Waals surface area contributed by atoms with Crippen LogP contribution in [0.5, 0.6) is 0 Å². The van der Waals surface area contributed by atoms with Gasteiger partial charge in [0.25, 0.3) is 0 Å². The van der Waals surface area contributed by atoms with E-state index in [0.717, 1.165) is 0 Å². The lowest BCUT2D eigenvalue weighted by atomic mass is 10.1. The molecule has 3 N–H and O–H groups in total. The number of nitrogen functional groups attached to an aromatic ring is 1. The Morgan fingerprint density at radius 2 is 2.15 bits per heavy atom. The van der Waals surface area contributed by atoms with Crippen molar-refractivity contribution in [3.8, 4) is 6.07 Å². The van der Waals surface area contributed by atoms with Crippen LogP contribution in [0.4, 0.5) is 11.4 Å². The SMILES string of the molecule is N#Cc1cc(N)ccc1NC(=O)C1CCCCS1(=O)=O. The third kappa shape index (κ3) is 2.91. The summed E-state index contributed by atoms with van der Waals surface area (Å²) in [7, 11) is -3.39. The van der Waals surface area contributed by atoms with E-state index in [1.807, 2.05) is 6.07 Å². The Hall–Kier alpha value is -2.07. The van der Waals surface area contributed by atoms with Crippen LogP contribution in [-0.4, -0.2) is 25.3 Å². The topological polar surface area (TPSA) is 113 Å². The van der Waals surface area contributed by atoms with Gasteiger partial charge in [-0.25, -0.2) is 8.42 Å². The average molecular weight is 293 g/mol.